The number of ether oxygens (including phenoxy) is 2. The van der Waals surface area contributed by atoms with E-state index in [-0.39, 0.29) is 38.8 Å². The number of amides is 1. The monoisotopic (exact) mass is 443 g/mol. The van der Waals surface area contributed by atoms with Crippen molar-refractivity contribution >= 4 is 6.09 Å². The van der Waals surface area contributed by atoms with Gasteiger partial charge in [0.05, 0.1) is 12.7 Å². The summed E-state index contributed by atoms with van der Waals surface area (Å²) in [7, 11) is 1.37. The van der Waals surface area contributed by atoms with E-state index in [9.17, 15) is 9.90 Å². The second kappa shape index (κ2) is 9.67. The van der Waals surface area contributed by atoms with Crippen LogP contribution in [-0.2, 0) is 49.7 Å². The van der Waals surface area contributed by atoms with Gasteiger partial charge in [0, 0.05) is 51.5 Å². The van der Waals surface area contributed by atoms with E-state index < -0.39 is 5.60 Å². The Kier molecular flexibility index (Phi) is 7.83. The Morgan fingerprint density at radius 3 is 2.56 bits per heavy atom. The van der Waals surface area contributed by atoms with E-state index in [2.05, 4.69) is 6.07 Å². The molecule has 2 aromatic carbocycles. The fourth-order valence-electron chi connectivity index (χ4n) is 3.25. The molecule has 0 atom stereocenters. The van der Waals surface area contributed by atoms with Gasteiger partial charge in [-0.2, -0.15) is 17.7 Å². The molecule has 0 spiro atoms. The first kappa shape index (κ1) is 21.9. The van der Waals surface area contributed by atoms with Crippen molar-refractivity contribution in [2.75, 3.05) is 20.2 Å². The minimum absolute atomic E-state index is 0. The Bertz CT molecular complexity index is 758. The minimum Gasteiger partial charge on any atom is -0.514 e. The summed E-state index contributed by atoms with van der Waals surface area (Å²) >= 11 is 0. The average molecular weight is 443 g/mol. The van der Waals surface area contributed by atoms with E-state index in [1.165, 1.54) is 7.11 Å². The van der Waals surface area contributed by atoms with E-state index >= 15 is 0 Å². The molecule has 1 heterocycles. The van der Waals surface area contributed by atoms with Gasteiger partial charge in [0.2, 0.25) is 0 Å². The Labute approximate surface area is 185 Å². The molecule has 5 nitrogen and oxygen atoms in total. The number of benzene rings is 2. The molecule has 1 amide bonds. The van der Waals surface area contributed by atoms with Crippen molar-refractivity contribution < 1.29 is 52.1 Å². The molecule has 3 rings (SSSR count). The van der Waals surface area contributed by atoms with E-state index in [0.29, 0.717) is 38.3 Å². The van der Waals surface area contributed by atoms with Gasteiger partial charge in [-0.3, -0.25) is 0 Å². The van der Waals surface area contributed by atoms with Crippen LogP contribution in [-0.4, -0.2) is 36.3 Å². The number of piperidine rings is 1. The first-order valence-electron chi connectivity index (χ1n) is 8.77. The number of likely N-dealkylation sites (tertiary alicyclic amines) is 1. The van der Waals surface area contributed by atoms with Crippen LogP contribution < -0.4 is 4.74 Å². The van der Waals surface area contributed by atoms with Gasteiger partial charge >= 0.3 is 6.09 Å². The van der Waals surface area contributed by atoms with Crippen LogP contribution >= 0.6 is 0 Å². The van der Waals surface area contributed by atoms with Crippen LogP contribution in [0.25, 0.3) is 0 Å². The number of methoxy groups -OCH3 is 1. The third-order valence-electron chi connectivity index (χ3n) is 4.82. The molecule has 0 unspecified atom stereocenters. The quantitative estimate of drug-likeness (QED) is 0.736. The van der Waals surface area contributed by atoms with Crippen LogP contribution in [0.1, 0.15) is 29.5 Å². The zero-order chi connectivity index (χ0) is 18.6. The molecule has 27 heavy (non-hydrogen) atoms. The van der Waals surface area contributed by atoms with Gasteiger partial charge in [0.25, 0.3) is 0 Å². The first-order valence-corrected chi connectivity index (χ1v) is 8.77. The van der Waals surface area contributed by atoms with Gasteiger partial charge in [-0.15, -0.1) is 6.07 Å². The standard InChI is InChI=1S/C21H24NO4.Y/c1-16-8-9-18(19(14-16)26-15-17-6-4-3-5-7-17)21(24)10-12-22(13-11-21)20(23)25-2;/h3-7,9,14,24H,10-13,15H2,1-2H3;/q-1;. The number of hydrogen-bond acceptors (Lipinski definition) is 4. The van der Waals surface area contributed by atoms with E-state index in [1.807, 2.05) is 49.4 Å². The largest absolute Gasteiger partial charge is 0.514 e. The molecule has 1 fully saturated rings. The second-order valence-electron chi connectivity index (χ2n) is 6.66. The molecule has 6 heteroatoms. The Morgan fingerprint density at radius 1 is 1.26 bits per heavy atom. The molecule has 0 saturated carbocycles. The second-order valence-corrected chi connectivity index (χ2v) is 6.66. The Morgan fingerprint density at radius 2 is 1.93 bits per heavy atom. The van der Waals surface area contributed by atoms with Crippen molar-refractivity contribution in [3.8, 4) is 5.75 Å². The van der Waals surface area contributed by atoms with E-state index in [4.69, 9.17) is 9.47 Å². The number of nitrogens with zero attached hydrogens (tertiary/aromatic N) is 1. The van der Waals surface area contributed by atoms with Crippen LogP contribution in [0.15, 0.2) is 42.5 Å². The summed E-state index contributed by atoms with van der Waals surface area (Å²) < 4.78 is 10.8. The van der Waals surface area contributed by atoms with Crippen molar-refractivity contribution in [2.24, 2.45) is 0 Å². The Hall–Kier alpha value is -1.43. The third-order valence-corrected chi connectivity index (χ3v) is 4.82. The SMILES string of the molecule is COC(=O)N1CCC(O)(c2c[c-]c(C)cc2OCc2ccccc2)CC1.[Y]. The predicted molar refractivity (Wildman–Crippen MR) is 97.9 cm³/mol. The van der Waals surface area contributed by atoms with Gasteiger partial charge < -0.3 is 19.5 Å². The zero-order valence-electron chi connectivity index (χ0n) is 15.8. The van der Waals surface area contributed by atoms with Crippen molar-refractivity contribution in [3.05, 3.63) is 65.2 Å². The maximum Gasteiger partial charge on any atom is 0.409 e. The van der Waals surface area contributed by atoms with Crippen molar-refractivity contribution in [3.63, 3.8) is 0 Å². The van der Waals surface area contributed by atoms with E-state index in [0.717, 1.165) is 16.7 Å². The van der Waals surface area contributed by atoms with Crippen molar-refractivity contribution in [2.45, 2.75) is 32.0 Å². The number of carbonyl (C=O) groups is 1. The van der Waals surface area contributed by atoms with Crippen LogP contribution in [0.3, 0.4) is 0 Å². The van der Waals surface area contributed by atoms with Gasteiger partial charge in [0.15, 0.2) is 0 Å². The molecule has 0 aromatic heterocycles. The fourth-order valence-corrected chi connectivity index (χ4v) is 3.25. The summed E-state index contributed by atoms with van der Waals surface area (Å²) in [5.74, 6) is 0.666. The number of hydrogen-bond donors (Lipinski definition) is 1. The fraction of sp³-hybridized carbons (Fsp3) is 0.381. The summed E-state index contributed by atoms with van der Waals surface area (Å²) in [6.45, 7) is 3.26. The van der Waals surface area contributed by atoms with Crippen LogP contribution in [0.4, 0.5) is 4.79 Å². The van der Waals surface area contributed by atoms with E-state index in [1.54, 1.807) is 4.90 Å². The average Bonchev–Trinajstić information content (AvgIpc) is 2.67. The topological polar surface area (TPSA) is 59.0 Å². The summed E-state index contributed by atoms with van der Waals surface area (Å²) in [5, 5.41) is 11.2. The molecular weight excluding hydrogens is 419 g/mol. The molecule has 1 aliphatic rings. The van der Waals surface area contributed by atoms with Gasteiger partial charge in [0.1, 0.15) is 6.61 Å². The van der Waals surface area contributed by atoms with Crippen molar-refractivity contribution in [1.82, 2.24) is 4.90 Å². The molecule has 1 saturated heterocycles. The summed E-state index contributed by atoms with van der Waals surface area (Å²) in [5.41, 5.74) is 1.70. The first-order chi connectivity index (χ1) is 12.5. The van der Waals surface area contributed by atoms with Crippen LogP contribution in [0.5, 0.6) is 5.75 Å². The molecule has 2 aromatic rings. The molecule has 141 valence electrons. The molecule has 0 bridgehead atoms. The molecular formula is C21H24NO4Y-. The number of rotatable bonds is 4. The minimum atomic E-state index is -1.04. The molecule has 1 N–H and O–H groups in total. The summed E-state index contributed by atoms with van der Waals surface area (Å²) in [4.78, 5) is 13.3. The predicted octanol–water partition coefficient (Wildman–Crippen LogP) is 3.42. The smallest absolute Gasteiger partial charge is 0.409 e. The summed E-state index contributed by atoms with van der Waals surface area (Å²) in [6.07, 6.45) is 0.504. The molecule has 0 aliphatic carbocycles. The zero-order valence-corrected chi connectivity index (χ0v) is 18.6. The maximum absolute atomic E-state index is 11.7. The van der Waals surface area contributed by atoms with Crippen molar-refractivity contribution in [1.29, 1.82) is 0 Å². The third kappa shape index (κ3) is 5.31. The maximum atomic E-state index is 11.7. The normalized spacial score (nSPS) is 15.6. The summed E-state index contributed by atoms with van der Waals surface area (Å²) in [6, 6.07) is 16.8. The number of aliphatic hydroxyl groups is 1. The van der Waals surface area contributed by atoms with Gasteiger partial charge in [-0.25, -0.2) is 4.79 Å². The number of carbonyl (C=O) groups excluding carboxylic acids is 1. The van der Waals surface area contributed by atoms with Crippen LogP contribution in [0.2, 0.25) is 0 Å². The van der Waals surface area contributed by atoms with Gasteiger partial charge in [-0.05, 0) is 18.4 Å². The number of aryl methyl sites for hydroxylation is 1. The molecule has 1 aliphatic heterocycles. The van der Waals surface area contributed by atoms with Crippen LogP contribution in [0, 0.1) is 13.0 Å². The van der Waals surface area contributed by atoms with Gasteiger partial charge in [-0.1, -0.05) is 42.8 Å². The Balaban J connectivity index is 0.00000261. The molecule has 1 radical (unpaired) electrons.